The molecule has 0 fully saturated rings. The highest BCUT2D eigenvalue weighted by molar-refractivity contribution is 5.28. The fourth-order valence-corrected chi connectivity index (χ4v) is 1.00. The minimum atomic E-state index is 0.586. The van der Waals surface area contributed by atoms with Gasteiger partial charge < -0.3 is 5.73 Å². The van der Waals surface area contributed by atoms with E-state index in [1.165, 1.54) is 6.42 Å². The molecule has 0 saturated carbocycles. The molecular formula is C8H15N3. The van der Waals surface area contributed by atoms with Gasteiger partial charge in [0.25, 0.3) is 0 Å². The molecule has 3 heteroatoms. The Kier molecular flexibility index (Phi) is 2.52. The first-order valence-electron chi connectivity index (χ1n) is 4.02. The van der Waals surface area contributed by atoms with Gasteiger partial charge in [0.2, 0.25) is 0 Å². The molecule has 0 aliphatic rings. The van der Waals surface area contributed by atoms with Gasteiger partial charge >= 0.3 is 0 Å². The molecule has 0 aliphatic heterocycles. The zero-order valence-electron chi connectivity index (χ0n) is 7.09. The van der Waals surface area contributed by atoms with Crippen LogP contribution in [0.5, 0.6) is 0 Å². The molecule has 0 amide bonds. The van der Waals surface area contributed by atoms with Crippen LogP contribution < -0.4 is 5.73 Å². The van der Waals surface area contributed by atoms with E-state index in [0.717, 1.165) is 12.1 Å². The molecule has 1 aromatic heterocycles. The topological polar surface area (TPSA) is 54.7 Å². The number of aromatic nitrogens is 2. The van der Waals surface area contributed by atoms with Gasteiger partial charge in [-0.25, -0.2) is 0 Å². The number of hydrogen-bond acceptors (Lipinski definition) is 2. The Morgan fingerprint density at radius 3 is 2.91 bits per heavy atom. The lowest BCUT2D eigenvalue weighted by atomic mass is 10.0. The molecule has 0 spiro atoms. The number of hydrogen-bond donors (Lipinski definition) is 2. The Labute approximate surface area is 67.0 Å². The van der Waals surface area contributed by atoms with Crippen molar-refractivity contribution < 1.29 is 0 Å². The SMILES string of the molecule is CCC(C)Cc1cc(N)n[nH]1. The Morgan fingerprint density at radius 2 is 2.45 bits per heavy atom. The number of H-pyrrole nitrogens is 1. The average Bonchev–Trinajstić information content (AvgIpc) is 2.35. The molecule has 0 aliphatic carbocycles. The number of nitrogens with one attached hydrogen (secondary N) is 1. The number of nitrogens with two attached hydrogens (primary N) is 1. The molecule has 1 aromatic rings. The Morgan fingerprint density at radius 1 is 1.73 bits per heavy atom. The average molecular weight is 153 g/mol. The number of nitrogens with zero attached hydrogens (tertiary/aromatic N) is 1. The first-order chi connectivity index (χ1) is 5.22. The second-order valence-corrected chi connectivity index (χ2v) is 3.04. The maximum atomic E-state index is 5.45. The van der Waals surface area contributed by atoms with Crippen LogP contribution in [-0.2, 0) is 6.42 Å². The summed E-state index contributed by atoms with van der Waals surface area (Å²) in [7, 11) is 0. The van der Waals surface area contributed by atoms with Crippen molar-refractivity contribution in [1.82, 2.24) is 10.2 Å². The lowest BCUT2D eigenvalue weighted by Crippen LogP contribution is -1.97. The van der Waals surface area contributed by atoms with Crippen LogP contribution in [0.2, 0.25) is 0 Å². The van der Waals surface area contributed by atoms with Gasteiger partial charge in [-0.3, -0.25) is 5.10 Å². The second-order valence-electron chi connectivity index (χ2n) is 3.04. The van der Waals surface area contributed by atoms with Crippen LogP contribution in [-0.4, -0.2) is 10.2 Å². The Balaban J connectivity index is 2.50. The molecule has 1 atom stereocenters. The molecule has 1 rings (SSSR count). The van der Waals surface area contributed by atoms with Crippen LogP contribution >= 0.6 is 0 Å². The van der Waals surface area contributed by atoms with Crippen molar-refractivity contribution in [3.8, 4) is 0 Å². The fraction of sp³-hybridized carbons (Fsp3) is 0.625. The molecule has 11 heavy (non-hydrogen) atoms. The Bertz CT molecular complexity index is 217. The molecule has 3 nitrogen and oxygen atoms in total. The van der Waals surface area contributed by atoms with E-state index in [1.54, 1.807) is 0 Å². The summed E-state index contributed by atoms with van der Waals surface area (Å²) in [6.45, 7) is 4.40. The van der Waals surface area contributed by atoms with E-state index in [9.17, 15) is 0 Å². The Hall–Kier alpha value is -0.990. The number of anilines is 1. The maximum absolute atomic E-state index is 5.45. The molecule has 0 bridgehead atoms. The van der Waals surface area contributed by atoms with E-state index < -0.39 is 0 Å². The van der Waals surface area contributed by atoms with Gasteiger partial charge in [0.15, 0.2) is 0 Å². The summed E-state index contributed by atoms with van der Waals surface area (Å²) in [6, 6.07) is 1.90. The second kappa shape index (κ2) is 3.42. The standard InChI is InChI=1S/C8H15N3/c1-3-6(2)4-7-5-8(9)11-10-7/h5-6H,3-4H2,1-2H3,(H3,9,10,11). The van der Waals surface area contributed by atoms with Crippen molar-refractivity contribution in [1.29, 1.82) is 0 Å². The predicted molar refractivity (Wildman–Crippen MR) is 46.2 cm³/mol. The molecule has 0 radical (unpaired) electrons. The van der Waals surface area contributed by atoms with Gasteiger partial charge in [0.05, 0.1) is 0 Å². The quantitative estimate of drug-likeness (QED) is 0.692. The molecule has 0 saturated heterocycles. The zero-order valence-corrected chi connectivity index (χ0v) is 7.09. The summed E-state index contributed by atoms with van der Waals surface area (Å²) in [4.78, 5) is 0. The summed E-state index contributed by atoms with van der Waals surface area (Å²) in [6.07, 6.45) is 2.24. The van der Waals surface area contributed by atoms with E-state index in [2.05, 4.69) is 24.0 Å². The van der Waals surface area contributed by atoms with Gasteiger partial charge in [0, 0.05) is 11.8 Å². The lowest BCUT2D eigenvalue weighted by Gasteiger charge is -2.04. The largest absolute Gasteiger partial charge is 0.382 e. The monoisotopic (exact) mass is 153 g/mol. The van der Waals surface area contributed by atoms with Crippen LogP contribution in [0.15, 0.2) is 6.07 Å². The molecule has 3 N–H and O–H groups in total. The zero-order chi connectivity index (χ0) is 8.27. The van der Waals surface area contributed by atoms with Crippen LogP contribution in [0.3, 0.4) is 0 Å². The van der Waals surface area contributed by atoms with E-state index in [4.69, 9.17) is 5.73 Å². The highest BCUT2D eigenvalue weighted by Crippen LogP contribution is 2.10. The third-order valence-corrected chi connectivity index (χ3v) is 1.92. The molecule has 1 unspecified atom stereocenters. The van der Waals surface area contributed by atoms with E-state index in [1.807, 2.05) is 6.07 Å². The van der Waals surface area contributed by atoms with Gasteiger partial charge in [0.1, 0.15) is 5.82 Å². The molecule has 62 valence electrons. The smallest absolute Gasteiger partial charge is 0.145 e. The molecular weight excluding hydrogens is 138 g/mol. The predicted octanol–water partition coefficient (Wildman–Crippen LogP) is 1.58. The van der Waals surface area contributed by atoms with Crippen molar-refractivity contribution in [3.63, 3.8) is 0 Å². The molecule has 0 aromatic carbocycles. The van der Waals surface area contributed by atoms with Gasteiger partial charge in [-0.15, -0.1) is 0 Å². The number of nitrogen functional groups attached to an aromatic ring is 1. The summed E-state index contributed by atoms with van der Waals surface area (Å²) >= 11 is 0. The minimum absolute atomic E-state index is 0.586. The number of rotatable bonds is 3. The summed E-state index contributed by atoms with van der Waals surface area (Å²) in [5.41, 5.74) is 6.59. The van der Waals surface area contributed by atoms with Crippen molar-refractivity contribution >= 4 is 5.82 Å². The lowest BCUT2D eigenvalue weighted by molar-refractivity contribution is 0.552. The van der Waals surface area contributed by atoms with Crippen LogP contribution in [0.25, 0.3) is 0 Å². The van der Waals surface area contributed by atoms with E-state index in [0.29, 0.717) is 11.7 Å². The van der Waals surface area contributed by atoms with Gasteiger partial charge in [-0.1, -0.05) is 20.3 Å². The third-order valence-electron chi connectivity index (χ3n) is 1.92. The highest BCUT2D eigenvalue weighted by Gasteiger charge is 2.02. The van der Waals surface area contributed by atoms with Crippen LogP contribution in [0.4, 0.5) is 5.82 Å². The van der Waals surface area contributed by atoms with Crippen molar-refractivity contribution in [2.24, 2.45) is 5.92 Å². The van der Waals surface area contributed by atoms with Crippen molar-refractivity contribution in [2.75, 3.05) is 5.73 Å². The summed E-state index contributed by atoms with van der Waals surface area (Å²) in [5, 5.41) is 6.75. The van der Waals surface area contributed by atoms with E-state index >= 15 is 0 Å². The first kappa shape index (κ1) is 8.11. The minimum Gasteiger partial charge on any atom is -0.382 e. The first-order valence-corrected chi connectivity index (χ1v) is 4.02. The highest BCUT2D eigenvalue weighted by atomic mass is 15.1. The summed E-state index contributed by atoms with van der Waals surface area (Å²) < 4.78 is 0. The number of aromatic amines is 1. The third kappa shape index (κ3) is 2.26. The van der Waals surface area contributed by atoms with E-state index in [-0.39, 0.29) is 0 Å². The van der Waals surface area contributed by atoms with Gasteiger partial charge in [-0.05, 0) is 12.3 Å². The van der Waals surface area contributed by atoms with Gasteiger partial charge in [-0.2, -0.15) is 5.10 Å². The van der Waals surface area contributed by atoms with Crippen molar-refractivity contribution in [2.45, 2.75) is 26.7 Å². The maximum Gasteiger partial charge on any atom is 0.145 e. The van der Waals surface area contributed by atoms with Crippen LogP contribution in [0.1, 0.15) is 26.0 Å². The normalized spacial score (nSPS) is 13.3. The molecule has 1 heterocycles. The fourth-order valence-electron chi connectivity index (χ4n) is 1.00. The van der Waals surface area contributed by atoms with Crippen LogP contribution in [0, 0.1) is 5.92 Å². The summed E-state index contributed by atoms with van der Waals surface area (Å²) in [5.74, 6) is 1.29. The van der Waals surface area contributed by atoms with Crippen molar-refractivity contribution in [3.05, 3.63) is 11.8 Å².